The second-order valence-electron chi connectivity index (χ2n) is 5.89. The summed E-state index contributed by atoms with van der Waals surface area (Å²) in [4.78, 5) is 4.09. The number of hydrogen-bond acceptors (Lipinski definition) is 2. The zero-order valence-corrected chi connectivity index (χ0v) is 12.7. The zero-order chi connectivity index (χ0) is 14.1. The molecular weight excluding hydrogens is 234 g/mol. The van der Waals surface area contributed by atoms with Crippen molar-refractivity contribution in [2.24, 2.45) is 5.41 Å². The lowest BCUT2D eigenvalue weighted by atomic mass is 9.80. The van der Waals surface area contributed by atoms with E-state index in [-0.39, 0.29) is 5.41 Å². The summed E-state index contributed by atoms with van der Waals surface area (Å²) >= 11 is 0. The molecule has 0 saturated heterocycles. The minimum Gasteiger partial charge on any atom is -0.322 e. The summed E-state index contributed by atoms with van der Waals surface area (Å²) in [6, 6.07) is 2.22. The molecule has 0 aliphatic carbocycles. The predicted octanol–water partition coefficient (Wildman–Crippen LogP) is 4.53. The summed E-state index contributed by atoms with van der Waals surface area (Å²) in [6.45, 7) is 7.75. The molecule has 0 fully saturated rings. The fourth-order valence-electron chi connectivity index (χ4n) is 2.82. The van der Waals surface area contributed by atoms with Gasteiger partial charge in [-0.15, -0.1) is 0 Å². The van der Waals surface area contributed by atoms with Gasteiger partial charge in [0, 0.05) is 6.54 Å². The van der Waals surface area contributed by atoms with Crippen molar-refractivity contribution in [3.63, 3.8) is 0 Å². The van der Waals surface area contributed by atoms with Gasteiger partial charge in [0.25, 0.3) is 0 Å². The zero-order valence-electron chi connectivity index (χ0n) is 12.7. The van der Waals surface area contributed by atoms with Crippen LogP contribution in [0.15, 0.2) is 12.5 Å². The highest BCUT2D eigenvalue weighted by atomic mass is 15.0. The van der Waals surface area contributed by atoms with Crippen LogP contribution in [0.4, 0.5) is 0 Å². The molecule has 1 aromatic heterocycles. The molecule has 0 amide bonds. The Morgan fingerprint density at radius 2 is 2.00 bits per heavy atom. The molecule has 0 aliphatic heterocycles. The van der Waals surface area contributed by atoms with Crippen molar-refractivity contribution in [3.8, 4) is 6.07 Å². The first-order valence-corrected chi connectivity index (χ1v) is 7.55. The Balaban J connectivity index is 2.62. The Labute approximate surface area is 117 Å². The van der Waals surface area contributed by atoms with Crippen molar-refractivity contribution in [3.05, 3.63) is 18.2 Å². The Hall–Kier alpha value is -1.30. The van der Waals surface area contributed by atoms with Crippen LogP contribution in [0.5, 0.6) is 0 Å². The Morgan fingerprint density at radius 1 is 1.21 bits per heavy atom. The predicted molar refractivity (Wildman–Crippen MR) is 78.7 cm³/mol. The van der Waals surface area contributed by atoms with E-state index in [0.29, 0.717) is 5.69 Å². The van der Waals surface area contributed by atoms with E-state index in [1.54, 1.807) is 12.5 Å². The molecule has 19 heavy (non-hydrogen) atoms. The molecule has 0 saturated carbocycles. The molecule has 3 heteroatoms. The third-order valence-corrected chi connectivity index (χ3v) is 3.87. The largest absolute Gasteiger partial charge is 0.322 e. The van der Waals surface area contributed by atoms with E-state index in [1.807, 2.05) is 4.57 Å². The molecule has 0 spiro atoms. The summed E-state index contributed by atoms with van der Waals surface area (Å²) in [7, 11) is 0. The van der Waals surface area contributed by atoms with Crippen molar-refractivity contribution in [1.29, 1.82) is 5.26 Å². The molecule has 1 heterocycles. The quantitative estimate of drug-likeness (QED) is 0.613. The average molecular weight is 261 g/mol. The van der Waals surface area contributed by atoms with Gasteiger partial charge in [-0.3, -0.25) is 0 Å². The number of nitriles is 1. The third-order valence-electron chi connectivity index (χ3n) is 3.87. The first kappa shape index (κ1) is 15.8. The Kier molecular flexibility index (Phi) is 6.62. The molecule has 1 unspecified atom stereocenters. The highest BCUT2D eigenvalue weighted by Crippen LogP contribution is 2.32. The standard InChI is InChI=1S/C16H27N3/c1-4-6-7-8-10-16(3,9-5-2)13-19-14-18-12-15(19)11-17/h12,14H,4-10,13H2,1-3H3. The van der Waals surface area contributed by atoms with Gasteiger partial charge in [0.2, 0.25) is 0 Å². The van der Waals surface area contributed by atoms with Crippen LogP contribution >= 0.6 is 0 Å². The summed E-state index contributed by atoms with van der Waals surface area (Å²) in [5.41, 5.74) is 0.963. The normalized spacial score (nSPS) is 14.0. The summed E-state index contributed by atoms with van der Waals surface area (Å²) in [5.74, 6) is 0. The number of hydrogen-bond donors (Lipinski definition) is 0. The van der Waals surface area contributed by atoms with Gasteiger partial charge in [-0.1, -0.05) is 52.9 Å². The lowest BCUT2D eigenvalue weighted by Gasteiger charge is -2.30. The topological polar surface area (TPSA) is 41.6 Å². The van der Waals surface area contributed by atoms with Gasteiger partial charge < -0.3 is 4.57 Å². The summed E-state index contributed by atoms with van der Waals surface area (Å²) in [5, 5.41) is 9.07. The number of rotatable bonds is 9. The van der Waals surface area contributed by atoms with Crippen LogP contribution in [-0.4, -0.2) is 9.55 Å². The van der Waals surface area contributed by atoms with Crippen molar-refractivity contribution in [1.82, 2.24) is 9.55 Å². The molecule has 0 bridgehead atoms. The molecule has 1 rings (SSSR count). The van der Waals surface area contributed by atoms with Gasteiger partial charge in [0.05, 0.1) is 12.5 Å². The molecule has 106 valence electrons. The van der Waals surface area contributed by atoms with Crippen LogP contribution < -0.4 is 0 Å². The molecule has 0 radical (unpaired) electrons. The summed E-state index contributed by atoms with van der Waals surface area (Å²) in [6.07, 6.45) is 12.3. The maximum atomic E-state index is 9.07. The molecule has 0 aliphatic rings. The van der Waals surface area contributed by atoms with E-state index >= 15 is 0 Å². The van der Waals surface area contributed by atoms with E-state index in [9.17, 15) is 0 Å². The van der Waals surface area contributed by atoms with Crippen molar-refractivity contribution in [2.45, 2.75) is 72.3 Å². The van der Waals surface area contributed by atoms with E-state index in [2.05, 4.69) is 31.8 Å². The average Bonchev–Trinajstić information content (AvgIpc) is 2.82. The Morgan fingerprint density at radius 3 is 2.63 bits per heavy atom. The van der Waals surface area contributed by atoms with E-state index in [1.165, 1.54) is 44.9 Å². The van der Waals surface area contributed by atoms with Gasteiger partial charge in [0.1, 0.15) is 11.8 Å². The lowest BCUT2D eigenvalue weighted by molar-refractivity contribution is 0.217. The smallest absolute Gasteiger partial charge is 0.139 e. The van der Waals surface area contributed by atoms with Crippen LogP contribution in [0.3, 0.4) is 0 Å². The van der Waals surface area contributed by atoms with E-state index < -0.39 is 0 Å². The van der Waals surface area contributed by atoms with Gasteiger partial charge in [-0.25, -0.2) is 4.98 Å². The number of imidazole rings is 1. The van der Waals surface area contributed by atoms with Crippen LogP contribution in [0.1, 0.15) is 71.4 Å². The van der Waals surface area contributed by atoms with Crippen molar-refractivity contribution < 1.29 is 0 Å². The number of aromatic nitrogens is 2. The second kappa shape index (κ2) is 7.99. The highest BCUT2D eigenvalue weighted by molar-refractivity contribution is 5.17. The molecular formula is C16H27N3. The lowest BCUT2D eigenvalue weighted by Crippen LogP contribution is -2.24. The first-order valence-electron chi connectivity index (χ1n) is 7.55. The van der Waals surface area contributed by atoms with Gasteiger partial charge in [-0.2, -0.15) is 5.26 Å². The third kappa shape index (κ3) is 5.06. The first-order chi connectivity index (χ1) is 9.15. The SMILES string of the molecule is CCCCCCC(C)(CCC)Cn1cncc1C#N. The minimum atomic E-state index is 0.286. The minimum absolute atomic E-state index is 0.286. The monoisotopic (exact) mass is 261 g/mol. The highest BCUT2D eigenvalue weighted by Gasteiger charge is 2.24. The van der Waals surface area contributed by atoms with E-state index in [4.69, 9.17) is 5.26 Å². The second-order valence-corrected chi connectivity index (χ2v) is 5.89. The van der Waals surface area contributed by atoms with Crippen LogP contribution in [0.25, 0.3) is 0 Å². The van der Waals surface area contributed by atoms with Crippen LogP contribution in [0, 0.1) is 16.7 Å². The number of unbranched alkanes of at least 4 members (excludes halogenated alkanes) is 3. The van der Waals surface area contributed by atoms with Gasteiger partial charge >= 0.3 is 0 Å². The molecule has 0 aromatic carbocycles. The maximum absolute atomic E-state index is 9.07. The van der Waals surface area contributed by atoms with Crippen molar-refractivity contribution in [2.75, 3.05) is 0 Å². The van der Waals surface area contributed by atoms with Crippen LogP contribution in [0.2, 0.25) is 0 Å². The fourth-order valence-corrected chi connectivity index (χ4v) is 2.82. The van der Waals surface area contributed by atoms with Gasteiger partial charge in [0.15, 0.2) is 0 Å². The van der Waals surface area contributed by atoms with Crippen molar-refractivity contribution >= 4 is 0 Å². The fraction of sp³-hybridized carbons (Fsp3) is 0.750. The number of nitrogens with zero attached hydrogens (tertiary/aromatic N) is 3. The molecule has 0 N–H and O–H groups in total. The Bertz CT molecular complexity index is 402. The maximum Gasteiger partial charge on any atom is 0.139 e. The molecule has 1 aromatic rings. The molecule has 1 atom stereocenters. The van der Waals surface area contributed by atoms with Crippen LogP contribution in [-0.2, 0) is 6.54 Å². The summed E-state index contributed by atoms with van der Waals surface area (Å²) < 4.78 is 2.01. The van der Waals surface area contributed by atoms with Gasteiger partial charge in [-0.05, 0) is 18.3 Å². The molecule has 3 nitrogen and oxygen atoms in total. The van der Waals surface area contributed by atoms with E-state index in [0.717, 1.165) is 6.54 Å².